The molecule has 0 aliphatic heterocycles. The van der Waals surface area contributed by atoms with Crippen LogP contribution in [0, 0.1) is 19.3 Å². The molecule has 0 saturated heterocycles. The van der Waals surface area contributed by atoms with Gasteiger partial charge < -0.3 is 10.6 Å². The lowest BCUT2D eigenvalue weighted by Crippen LogP contribution is -2.42. The van der Waals surface area contributed by atoms with Crippen LogP contribution in [0.3, 0.4) is 0 Å². The molecular weight excluding hydrogens is 252 g/mol. The van der Waals surface area contributed by atoms with E-state index in [9.17, 15) is 4.79 Å². The third kappa shape index (κ3) is 3.39. The van der Waals surface area contributed by atoms with Crippen LogP contribution in [0.4, 0.5) is 0 Å². The van der Waals surface area contributed by atoms with Gasteiger partial charge in [0.15, 0.2) is 0 Å². The number of nitrogens with zero attached hydrogens (tertiary/aromatic N) is 2. The summed E-state index contributed by atoms with van der Waals surface area (Å²) < 4.78 is 2.02. The minimum absolute atomic E-state index is 0.0508. The van der Waals surface area contributed by atoms with Gasteiger partial charge in [0.25, 0.3) is 0 Å². The van der Waals surface area contributed by atoms with Gasteiger partial charge in [0, 0.05) is 37.4 Å². The highest BCUT2D eigenvalue weighted by Crippen LogP contribution is 2.23. The van der Waals surface area contributed by atoms with Gasteiger partial charge in [-0.2, -0.15) is 5.10 Å². The summed E-state index contributed by atoms with van der Waals surface area (Å²) in [4.78, 5) is 11.8. The number of carbonyl (C=O) groups is 1. The number of aryl methyl sites for hydroxylation is 2. The van der Waals surface area contributed by atoms with Gasteiger partial charge in [-0.15, -0.1) is 0 Å². The lowest BCUT2D eigenvalue weighted by Gasteiger charge is -2.25. The molecule has 1 rings (SSSR count). The summed E-state index contributed by atoms with van der Waals surface area (Å²) >= 11 is 0. The number of amides is 1. The molecule has 5 nitrogen and oxygen atoms in total. The first kappa shape index (κ1) is 16.7. The quantitative estimate of drug-likeness (QED) is 0.837. The zero-order chi connectivity index (χ0) is 15.5. The van der Waals surface area contributed by atoms with Crippen molar-refractivity contribution in [3.8, 4) is 0 Å². The Morgan fingerprint density at radius 2 is 2.00 bits per heavy atom. The van der Waals surface area contributed by atoms with E-state index < -0.39 is 5.41 Å². The Morgan fingerprint density at radius 3 is 2.45 bits per heavy atom. The highest BCUT2D eigenvalue weighted by atomic mass is 16.2. The van der Waals surface area contributed by atoms with Gasteiger partial charge in [0.05, 0.1) is 11.1 Å². The van der Waals surface area contributed by atoms with E-state index in [-0.39, 0.29) is 11.9 Å². The Labute approximate surface area is 122 Å². The van der Waals surface area contributed by atoms with E-state index in [0.29, 0.717) is 6.54 Å². The van der Waals surface area contributed by atoms with Crippen LogP contribution in [0.25, 0.3) is 0 Å². The standard InChI is InChI=1S/C15H28N4O/c1-8-19-12(4)13(11(3)18-19)10(2)17-9-15(5,6)14(20)16-7/h10,17H,8-9H2,1-7H3,(H,16,20). The minimum atomic E-state index is -0.425. The molecule has 1 aromatic rings. The van der Waals surface area contributed by atoms with Crippen LogP contribution in [0.1, 0.15) is 50.7 Å². The second-order valence-corrected chi connectivity index (χ2v) is 5.97. The lowest BCUT2D eigenvalue weighted by atomic mass is 9.91. The molecule has 20 heavy (non-hydrogen) atoms. The summed E-state index contributed by atoms with van der Waals surface area (Å²) in [6.45, 7) is 13.7. The summed E-state index contributed by atoms with van der Waals surface area (Å²) in [6, 6.07) is 0.180. The van der Waals surface area contributed by atoms with Crippen LogP contribution in [0.2, 0.25) is 0 Å². The minimum Gasteiger partial charge on any atom is -0.359 e. The normalized spacial score (nSPS) is 13.3. The van der Waals surface area contributed by atoms with Crippen LogP contribution in [-0.2, 0) is 11.3 Å². The highest BCUT2D eigenvalue weighted by molar-refractivity contribution is 5.81. The van der Waals surface area contributed by atoms with E-state index in [4.69, 9.17) is 0 Å². The fourth-order valence-electron chi connectivity index (χ4n) is 2.57. The molecule has 0 radical (unpaired) electrons. The fraction of sp³-hybridized carbons (Fsp3) is 0.733. The maximum absolute atomic E-state index is 11.8. The Balaban J connectivity index is 2.80. The first-order chi connectivity index (χ1) is 9.24. The number of aromatic nitrogens is 2. The molecule has 0 bridgehead atoms. The number of rotatable bonds is 6. The number of nitrogens with one attached hydrogen (secondary N) is 2. The lowest BCUT2D eigenvalue weighted by molar-refractivity contribution is -0.128. The first-order valence-electron chi connectivity index (χ1n) is 7.24. The molecule has 0 aromatic carbocycles. The molecule has 1 heterocycles. The zero-order valence-electron chi connectivity index (χ0n) is 13.8. The van der Waals surface area contributed by atoms with Crippen molar-refractivity contribution in [3.05, 3.63) is 17.0 Å². The highest BCUT2D eigenvalue weighted by Gasteiger charge is 2.27. The molecule has 114 valence electrons. The number of carbonyl (C=O) groups excluding carboxylic acids is 1. The van der Waals surface area contributed by atoms with Crippen molar-refractivity contribution in [1.82, 2.24) is 20.4 Å². The van der Waals surface area contributed by atoms with E-state index in [1.165, 1.54) is 11.3 Å². The predicted octanol–water partition coefficient (Wildman–Crippen LogP) is 1.94. The molecule has 1 unspecified atom stereocenters. The maximum atomic E-state index is 11.8. The Kier molecular flexibility index (Phi) is 5.34. The van der Waals surface area contributed by atoms with Crippen molar-refractivity contribution < 1.29 is 4.79 Å². The summed E-state index contributed by atoms with van der Waals surface area (Å²) in [5, 5.41) is 10.7. The Bertz CT molecular complexity index is 476. The van der Waals surface area contributed by atoms with Gasteiger partial charge in [0.2, 0.25) is 5.91 Å². The zero-order valence-corrected chi connectivity index (χ0v) is 13.8. The molecule has 0 fully saturated rings. The van der Waals surface area contributed by atoms with E-state index in [1.807, 2.05) is 25.5 Å². The second kappa shape index (κ2) is 6.39. The molecule has 1 aromatic heterocycles. The monoisotopic (exact) mass is 280 g/mol. The molecular formula is C15H28N4O. The van der Waals surface area contributed by atoms with Crippen LogP contribution in [-0.4, -0.2) is 29.3 Å². The smallest absolute Gasteiger partial charge is 0.226 e. The van der Waals surface area contributed by atoms with Gasteiger partial charge in [0.1, 0.15) is 0 Å². The third-order valence-electron chi connectivity index (χ3n) is 3.86. The van der Waals surface area contributed by atoms with Gasteiger partial charge in [-0.25, -0.2) is 0 Å². The average molecular weight is 280 g/mol. The van der Waals surface area contributed by atoms with Gasteiger partial charge in [-0.1, -0.05) is 0 Å². The summed E-state index contributed by atoms with van der Waals surface area (Å²) in [5.41, 5.74) is 3.07. The molecule has 0 spiro atoms. The van der Waals surface area contributed by atoms with Crippen LogP contribution >= 0.6 is 0 Å². The Hall–Kier alpha value is -1.36. The van der Waals surface area contributed by atoms with Crippen LogP contribution < -0.4 is 10.6 Å². The SMILES string of the molecule is CCn1nc(C)c(C(C)NCC(C)(C)C(=O)NC)c1C. The molecule has 1 atom stereocenters. The van der Waals surface area contributed by atoms with Crippen molar-refractivity contribution in [1.29, 1.82) is 0 Å². The number of hydrogen-bond donors (Lipinski definition) is 2. The van der Waals surface area contributed by atoms with Crippen LogP contribution in [0.5, 0.6) is 0 Å². The van der Waals surface area contributed by atoms with E-state index >= 15 is 0 Å². The summed E-state index contributed by atoms with van der Waals surface area (Å²) in [6.07, 6.45) is 0. The van der Waals surface area contributed by atoms with Gasteiger partial charge in [-0.3, -0.25) is 9.48 Å². The van der Waals surface area contributed by atoms with Gasteiger partial charge in [-0.05, 0) is 41.5 Å². The molecule has 2 N–H and O–H groups in total. The van der Waals surface area contributed by atoms with Crippen molar-refractivity contribution >= 4 is 5.91 Å². The molecule has 5 heteroatoms. The van der Waals surface area contributed by atoms with E-state index in [2.05, 4.69) is 36.5 Å². The van der Waals surface area contributed by atoms with E-state index in [0.717, 1.165) is 12.2 Å². The number of hydrogen-bond acceptors (Lipinski definition) is 3. The third-order valence-corrected chi connectivity index (χ3v) is 3.86. The van der Waals surface area contributed by atoms with Crippen molar-refractivity contribution in [2.24, 2.45) is 5.41 Å². The largest absolute Gasteiger partial charge is 0.359 e. The van der Waals surface area contributed by atoms with Crippen molar-refractivity contribution in [2.45, 2.75) is 54.1 Å². The predicted molar refractivity (Wildman–Crippen MR) is 81.6 cm³/mol. The maximum Gasteiger partial charge on any atom is 0.226 e. The van der Waals surface area contributed by atoms with Crippen molar-refractivity contribution in [2.75, 3.05) is 13.6 Å². The molecule has 0 saturated carbocycles. The van der Waals surface area contributed by atoms with Crippen molar-refractivity contribution in [3.63, 3.8) is 0 Å². The molecule has 0 aliphatic carbocycles. The summed E-state index contributed by atoms with van der Waals surface area (Å²) in [7, 11) is 1.67. The Morgan fingerprint density at radius 1 is 1.40 bits per heavy atom. The van der Waals surface area contributed by atoms with E-state index in [1.54, 1.807) is 7.05 Å². The summed E-state index contributed by atoms with van der Waals surface area (Å²) in [5.74, 6) is 0.0508. The molecule has 1 amide bonds. The first-order valence-corrected chi connectivity index (χ1v) is 7.24. The van der Waals surface area contributed by atoms with Gasteiger partial charge >= 0.3 is 0 Å². The fourth-order valence-corrected chi connectivity index (χ4v) is 2.57. The topological polar surface area (TPSA) is 59.0 Å². The molecule has 0 aliphatic rings. The van der Waals surface area contributed by atoms with Crippen LogP contribution in [0.15, 0.2) is 0 Å². The average Bonchev–Trinajstić information content (AvgIpc) is 2.69. The second-order valence-electron chi connectivity index (χ2n) is 5.97.